The van der Waals surface area contributed by atoms with Crippen molar-refractivity contribution in [3.63, 3.8) is 0 Å². The first-order valence-corrected chi connectivity index (χ1v) is 28.4. The molecule has 1 N–H and O–H groups in total. The van der Waals surface area contributed by atoms with Crippen molar-refractivity contribution in [2.75, 3.05) is 20.0 Å². The number of aryl methyl sites for hydroxylation is 2. The van der Waals surface area contributed by atoms with Crippen molar-refractivity contribution in [2.45, 2.75) is 13.8 Å². The number of hydrogen-bond acceptors (Lipinski definition) is 6. The Morgan fingerprint density at radius 2 is 0.627 bits per heavy atom. The van der Waals surface area contributed by atoms with Crippen molar-refractivity contribution < 1.29 is 8.83 Å². The largest absolute Gasteiger partial charge is 0.462 e. The first kappa shape index (κ1) is 53.9. The molecule has 0 unspecified atom stereocenters. The van der Waals surface area contributed by atoms with Crippen LogP contribution in [0.4, 0.5) is 62.6 Å². The van der Waals surface area contributed by atoms with Gasteiger partial charge in [-0.25, -0.2) is 0 Å². The highest BCUT2D eigenvalue weighted by Crippen LogP contribution is 2.50. The first-order chi connectivity index (χ1) is 40.8. The zero-order chi connectivity index (χ0) is 56.7. The van der Waals surface area contributed by atoms with Crippen LogP contribution in [0.3, 0.4) is 0 Å². The van der Waals surface area contributed by atoms with Crippen molar-refractivity contribution in [3.05, 3.63) is 318 Å². The zero-order valence-corrected chi connectivity index (χ0v) is 47.8. The molecule has 6 nitrogen and oxygen atoms in total. The van der Waals surface area contributed by atoms with Crippen LogP contribution in [0.15, 0.2) is 300 Å². The fourth-order valence-corrected chi connectivity index (χ4v) is 11.4. The lowest BCUT2D eigenvalue weighted by molar-refractivity contribution is 0.614. The van der Waals surface area contributed by atoms with E-state index >= 15 is 0 Å². The quantitative estimate of drug-likeness (QED) is 0.139. The molecule has 0 saturated carbocycles. The molecule has 0 bridgehead atoms. The van der Waals surface area contributed by atoms with Gasteiger partial charge in [0.15, 0.2) is 0 Å². The van der Waals surface area contributed by atoms with Crippen molar-refractivity contribution >= 4 is 141 Å². The Morgan fingerprint density at radius 1 is 0.301 bits per heavy atom. The average molecular weight is 1140 g/mol. The topological polar surface area (TPSA) is 48.0 Å². The molecule has 0 spiro atoms. The molecular formula is C74H55Cl3N4O2. The van der Waals surface area contributed by atoms with Gasteiger partial charge >= 0.3 is 0 Å². The molecule has 9 heteroatoms. The van der Waals surface area contributed by atoms with Crippen molar-refractivity contribution in [1.82, 2.24) is 0 Å². The average Bonchev–Trinajstić information content (AvgIpc) is 2.98. The third-order valence-electron chi connectivity index (χ3n) is 14.6. The Kier molecular flexibility index (Phi) is 16.0. The molecule has 0 atom stereocenters. The van der Waals surface area contributed by atoms with Gasteiger partial charge in [0.05, 0.1) is 43.5 Å². The molecule has 0 saturated heterocycles. The summed E-state index contributed by atoms with van der Waals surface area (Å²) < 4.78 is 12.3. The second-order valence-electron chi connectivity index (χ2n) is 19.8. The Bertz CT molecular complexity index is 4410. The summed E-state index contributed by atoms with van der Waals surface area (Å²) >= 11 is 20.4. The van der Waals surface area contributed by atoms with E-state index in [4.69, 9.17) is 43.6 Å². The van der Waals surface area contributed by atoms with Gasteiger partial charge in [0, 0.05) is 56.0 Å². The van der Waals surface area contributed by atoms with Gasteiger partial charge in [0.25, 0.3) is 0 Å². The normalized spacial score (nSPS) is 11.0. The smallest absolute Gasteiger partial charge is 0.139 e. The highest BCUT2D eigenvalue weighted by molar-refractivity contribution is 6.44. The second kappa shape index (κ2) is 24.6. The molecule has 0 amide bonds. The second-order valence-corrected chi connectivity index (χ2v) is 21.0. The van der Waals surface area contributed by atoms with E-state index < -0.39 is 0 Å². The summed E-state index contributed by atoms with van der Waals surface area (Å²) in [4.78, 5) is 6.48. The Morgan fingerprint density at radius 3 is 1.04 bits per heavy atom. The van der Waals surface area contributed by atoms with E-state index in [0.29, 0.717) is 15.1 Å². The van der Waals surface area contributed by atoms with E-state index in [1.807, 2.05) is 170 Å². The third-order valence-corrected chi connectivity index (χ3v) is 15.8. The third kappa shape index (κ3) is 11.2. The number of nitrogens with one attached hydrogen (secondary N) is 1. The van der Waals surface area contributed by atoms with E-state index in [9.17, 15) is 0 Å². The van der Waals surface area contributed by atoms with E-state index in [0.717, 1.165) is 95.6 Å². The number of fused-ring (bicyclic) bond motifs is 4. The number of rotatable bonds is 11. The first-order valence-electron chi connectivity index (χ1n) is 27.3. The summed E-state index contributed by atoms with van der Waals surface area (Å²) in [6, 6.07) is 94.4. The standard InChI is InChI=1S/C37H27ClN2O.C25H17Cl2NO.C12H11N/c1-26-31-21-12-11-14-27(31)24-32-35(25-41-37(26)32)40(30-19-9-4-10-20-30)34-23-13-22-33(36(34)38)39(28-15-5-2-6-16-28)29-17-7-3-8-18-29;1-16-19-11-6-5-8-17(19)14-20-23(15-29-25(16)20)28(18-9-3-2-4-10-18)22-13-7-12-21(26)24(22)27;1-3-7-11(8-4-1)13-12-9-5-2-6-10-12/h2-25H,1H3;2-15H,1H3;1-10,13H. The monoisotopic (exact) mass is 1140 g/mol. The molecule has 0 aliphatic rings. The van der Waals surface area contributed by atoms with E-state index in [1.54, 1.807) is 12.3 Å². The fourth-order valence-electron chi connectivity index (χ4n) is 10.7. The molecule has 0 aliphatic heterocycles. The minimum absolute atomic E-state index is 0.505. The van der Waals surface area contributed by atoms with Gasteiger partial charge in [-0.15, -0.1) is 0 Å². The highest BCUT2D eigenvalue weighted by Gasteiger charge is 2.26. The van der Waals surface area contributed by atoms with Gasteiger partial charge in [-0.05, 0) is 145 Å². The lowest BCUT2D eigenvalue weighted by Crippen LogP contribution is -2.14. The number of benzene rings is 12. The molecule has 404 valence electrons. The summed E-state index contributed by atoms with van der Waals surface area (Å²) in [7, 11) is 0. The van der Waals surface area contributed by atoms with Crippen LogP contribution >= 0.6 is 34.8 Å². The molecule has 12 aromatic carbocycles. The van der Waals surface area contributed by atoms with E-state index in [-0.39, 0.29) is 0 Å². The molecule has 0 aliphatic carbocycles. The maximum atomic E-state index is 7.43. The molecular weight excluding hydrogens is 1080 g/mol. The summed E-state index contributed by atoms with van der Waals surface area (Å²) in [5.74, 6) is 0. The maximum Gasteiger partial charge on any atom is 0.139 e. The van der Waals surface area contributed by atoms with Crippen LogP contribution in [0.5, 0.6) is 0 Å². The van der Waals surface area contributed by atoms with Gasteiger partial charge < -0.3 is 28.9 Å². The summed E-state index contributed by atoms with van der Waals surface area (Å²) in [6.07, 6.45) is 3.64. The Hall–Kier alpha value is -9.69. The lowest BCUT2D eigenvalue weighted by Gasteiger charge is -2.30. The number of anilines is 11. The van der Waals surface area contributed by atoms with Gasteiger partial charge in [-0.3, -0.25) is 0 Å². The zero-order valence-electron chi connectivity index (χ0n) is 45.5. The minimum atomic E-state index is 0.505. The van der Waals surface area contributed by atoms with Gasteiger partial charge in [-0.1, -0.05) is 205 Å². The van der Waals surface area contributed by atoms with E-state index in [1.165, 1.54) is 21.5 Å². The number of hydrogen-bond donors (Lipinski definition) is 1. The van der Waals surface area contributed by atoms with Crippen LogP contribution in [0, 0.1) is 13.8 Å². The van der Waals surface area contributed by atoms with Crippen LogP contribution in [0.25, 0.3) is 43.5 Å². The van der Waals surface area contributed by atoms with Gasteiger partial charge in [-0.2, -0.15) is 0 Å². The summed E-state index contributed by atoms with van der Waals surface area (Å²) in [5.41, 5.74) is 14.7. The molecule has 14 rings (SSSR count). The van der Waals surface area contributed by atoms with Crippen LogP contribution in [-0.2, 0) is 0 Å². The predicted octanol–water partition coefficient (Wildman–Crippen LogP) is 23.6. The maximum absolute atomic E-state index is 7.43. The molecule has 0 fully saturated rings. The highest BCUT2D eigenvalue weighted by atomic mass is 35.5. The van der Waals surface area contributed by atoms with Gasteiger partial charge in [0.2, 0.25) is 0 Å². The number of para-hydroxylation sites is 6. The van der Waals surface area contributed by atoms with Crippen LogP contribution < -0.4 is 20.0 Å². The van der Waals surface area contributed by atoms with Crippen LogP contribution in [0.1, 0.15) is 11.1 Å². The number of halogens is 3. The summed E-state index contributed by atoms with van der Waals surface area (Å²) in [5, 5.41) is 11.7. The van der Waals surface area contributed by atoms with Crippen LogP contribution in [0.2, 0.25) is 15.1 Å². The SMILES string of the molecule is Cc1c2ccccc2cc2c(N(c3ccccc3)c3cccc(Cl)c3Cl)coc12.Cc1c2ccccc2cc2c(N(c3ccccc3)c3cccc(N(c4ccccc4)c4ccccc4)c3Cl)coc12.c1ccc(Nc2ccccc2)cc1. The molecule has 83 heavy (non-hydrogen) atoms. The van der Waals surface area contributed by atoms with Crippen molar-refractivity contribution in [1.29, 1.82) is 0 Å². The molecule has 0 radical (unpaired) electrons. The van der Waals surface area contributed by atoms with Crippen molar-refractivity contribution in [3.8, 4) is 0 Å². The molecule has 14 aromatic rings. The van der Waals surface area contributed by atoms with E-state index in [2.05, 4.69) is 143 Å². The number of furan rings is 2. The lowest BCUT2D eigenvalue weighted by atomic mass is 10.0. The fraction of sp³-hybridized carbons (Fsp3) is 0.0270. The summed E-state index contributed by atoms with van der Waals surface area (Å²) in [6.45, 7) is 4.22. The number of nitrogens with zero attached hydrogens (tertiary/aromatic N) is 3. The van der Waals surface area contributed by atoms with Crippen molar-refractivity contribution in [2.24, 2.45) is 0 Å². The molecule has 2 aromatic heterocycles. The van der Waals surface area contributed by atoms with Crippen LogP contribution in [-0.4, -0.2) is 0 Å². The molecule has 2 heterocycles. The Labute approximate surface area is 498 Å². The van der Waals surface area contributed by atoms with Gasteiger partial charge in [0.1, 0.15) is 23.7 Å². The predicted molar refractivity (Wildman–Crippen MR) is 352 cm³/mol. The minimum Gasteiger partial charge on any atom is -0.462 e. The Balaban J connectivity index is 0.000000140.